The van der Waals surface area contributed by atoms with Gasteiger partial charge in [-0.15, -0.1) is 0 Å². The number of carbonyl (C=O) groups excluding carboxylic acids is 1. The van der Waals surface area contributed by atoms with Crippen molar-refractivity contribution >= 4 is 11.9 Å². The average Bonchev–Trinajstić information content (AvgIpc) is 2.90. The second-order valence-corrected chi connectivity index (χ2v) is 5.70. The van der Waals surface area contributed by atoms with Crippen molar-refractivity contribution in [1.29, 1.82) is 0 Å². The molecule has 1 aromatic rings. The third kappa shape index (κ3) is 3.72. The molecule has 0 bridgehead atoms. The first-order valence-electron chi connectivity index (χ1n) is 7.57. The van der Waals surface area contributed by atoms with Crippen LogP contribution in [-0.2, 0) is 16.1 Å². The summed E-state index contributed by atoms with van der Waals surface area (Å²) in [4.78, 5) is 22.7. The van der Waals surface area contributed by atoms with Gasteiger partial charge < -0.3 is 15.4 Å². The van der Waals surface area contributed by atoms with E-state index in [-0.39, 0.29) is 11.4 Å². The highest BCUT2D eigenvalue weighted by atomic mass is 16.5. The highest BCUT2D eigenvalue weighted by molar-refractivity contribution is 5.77. The SMILES string of the molecule is CNC(=O)C[C@@]1(COC)CCCN1Cc1cnc(NC)nc1. The first kappa shape index (κ1) is 16.6. The summed E-state index contributed by atoms with van der Waals surface area (Å²) < 4.78 is 5.42. The van der Waals surface area contributed by atoms with Crippen LogP contribution in [0.3, 0.4) is 0 Å². The lowest BCUT2D eigenvalue weighted by Crippen LogP contribution is -2.50. The maximum atomic E-state index is 11.9. The van der Waals surface area contributed by atoms with Gasteiger partial charge in [0, 0.05) is 52.1 Å². The summed E-state index contributed by atoms with van der Waals surface area (Å²) in [5.74, 6) is 0.657. The highest BCUT2D eigenvalue weighted by Crippen LogP contribution is 2.34. The van der Waals surface area contributed by atoms with Gasteiger partial charge in [0.25, 0.3) is 0 Å². The molecule has 0 spiro atoms. The van der Waals surface area contributed by atoms with E-state index in [0.717, 1.165) is 31.5 Å². The lowest BCUT2D eigenvalue weighted by Gasteiger charge is -2.37. The third-order valence-electron chi connectivity index (χ3n) is 4.22. The largest absolute Gasteiger partial charge is 0.383 e. The maximum absolute atomic E-state index is 11.9. The smallest absolute Gasteiger partial charge is 0.222 e. The fourth-order valence-corrected chi connectivity index (χ4v) is 3.10. The van der Waals surface area contributed by atoms with Crippen molar-refractivity contribution in [3.05, 3.63) is 18.0 Å². The number of anilines is 1. The van der Waals surface area contributed by atoms with Gasteiger partial charge in [-0.25, -0.2) is 9.97 Å². The molecule has 22 heavy (non-hydrogen) atoms. The van der Waals surface area contributed by atoms with E-state index in [2.05, 4.69) is 25.5 Å². The summed E-state index contributed by atoms with van der Waals surface area (Å²) in [6.45, 7) is 2.23. The van der Waals surface area contributed by atoms with Gasteiger partial charge in [0.15, 0.2) is 0 Å². The molecule has 2 rings (SSSR count). The molecule has 1 aromatic heterocycles. The zero-order chi connectivity index (χ0) is 16.0. The predicted molar refractivity (Wildman–Crippen MR) is 84.5 cm³/mol. The van der Waals surface area contributed by atoms with E-state index in [0.29, 0.717) is 19.0 Å². The van der Waals surface area contributed by atoms with Crippen LogP contribution in [0.25, 0.3) is 0 Å². The van der Waals surface area contributed by atoms with E-state index in [1.807, 2.05) is 12.4 Å². The van der Waals surface area contributed by atoms with Crippen molar-refractivity contribution in [2.45, 2.75) is 31.3 Å². The van der Waals surface area contributed by atoms with Gasteiger partial charge in [-0.05, 0) is 19.4 Å². The van der Waals surface area contributed by atoms with Crippen LogP contribution in [0.1, 0.15) is 24.8 Å². The van der Waals surface area contributed by atoms with Crippen molar-refractivity contribution in [3.63, 3.8) is 0 Å². The molecule has 122 valence electrons. The summed E-state index contributed by atoms with van der Waals surface area (Å²) in [6, 6.07) is 0. The predicted octanol–water partition coefficient (Wildman–Crippen LogP) is 0.635. The summed E-state index contributed by atoms with van der Waals surface area (Å²) in [7, 11) is 5.15. The molecule has 0 radical (unpaired) electrons. The van der Waals surface area contributed by atoms with Crippen molar-refractivity contribution in [3.8, 4) is 0 Å². The first-order chi connectivity index (χ1) is 10.6. The molecule has 0 unspecified atom stereocenters. The number of carbonyl (C=O) groups is 1. The number of aromatic nitrogens is 2. The zero-order valence-corrected chi connectivity index (χ0v) is 13.6. The molecule has 2 N–H and O–H groups in total. The number of amides is 1. The summed E-state index contributed by atoms with van der Waals surface area (Å²) in [5, 5.41) is 5.63. The first-order valence-corrected chi connectivity index (χ1v) is 7.57. The molecule has 1 amide bonds. The Morgan fingerprint density at radius 2 is 2.14 bits per heavy atom. The Bertz CT molecular complexity index is 493. The number of ether oxygens (including phenoxy) is 1. The van der Waals surface area contributed by atoms with E-state index in [9.17, 15) is 4.79 Å². The van der Waals surface area contributed by atoms with E-state index in [1.54, 1.807) is 21.2 Å². The van der Waals surface area contributed by atoms with Gasteiger partial charge in [0.1, 0.15) is 0 Å². The number of likely N-dealkylation sites (tertiary alicyclic amines) is 1. The summed E-state index contributed by atoms with van der Waals surface area (Å²) in [6.07, 6.45) is 6.13. The van der Waals surface area contributed by atoms with E-state index >= 15 is 0 Å². The van der Waals surface area contributed by atoms with E-state index in [1.165, 1.54) is 0 Å². The number of methoxy groups -OCH3 is 1. The Labute approximate surface area is 131 Å². The minimum atomic E-state index is -0.240. The van der Waals surface area contributed by atoms with E-state index in [4.69, 9.17) is 4.74 Å². The Hall–Kier alpha value is -1.73. The van der Waals surface area contributed by atoms with Gasteiger partial charge >= 0.3 is 0 Å². The van der Waals surface area contributed by atoms with Crippen molar-refractivity contribution in [2.24, 2.45) is 0 Å². The van der Waals surface area contributed by atoms with Crippen molar-refractivity contribution in [2.75, 3.05) is 39.7 Å². The van der Waals surface area contributed by atoms with Gasteiger partial charge in [-0.2, -0.15) is 0 Å². The molecule has 2 heterocycles. The van der Waals surface area contributed by atoms with Gasteiger partial charge in [-0.3, -0.25) is 9.69 Å². The van der Waals surface area contributed by atoms with Crippen LogP contribution >= 0.6 is 0 Å². The fourth-order valence-electron chi connectivity index (χ4n) is 3.10. The number of rotatable bonds is 7. The molecule has 1 atom stereocenters. The van der Waals surface area contributed by atoms with Crippen LogP contribution < -0.4 is 10.6 Å². The van der Waals surface area contributed by atoms with Crippen LogP contribution in [0.15, 0.2) is 12.4 Å². The topological polar surface area (TPSA) is 79.4 Å². The number of hydrogen-bond acceptors (Lipinski definition) is 6. The van der Waals surface area contributed by atoms with Crippen molar-refractivity contribution < 1.29 is 9.53 Å². The Kier molecular flexibility index (Phi) is 5.68. The standard InChI is InChI=1S/C15H25N5O2/c1-16-13(21)7-15(11-22-3)5-4-6-20(15)10-12-8-18-14(17-2)19-9-12/h8-9H,4-7,10-11H2,1-3H3,(H,16,21)(H,17,18,19)/t15-/m1/s1. The molecule has 7 nitrogen and oxygen atoms in total. The van der Waals surface area contributed by atoms with E-state index < -0.39 is 0 Å². The van der Waals surface area contributed by atoms with Crippen LogP contribution in [0.5, 0.6) is 0 Å². The van der Waals surface area contributed by atoms with Gasteiger partial charge in [-0.1, -0.05) is 0 Å². The molecule has 0 saturated carbocycles. The van der Waals surface area contributed by atoms with Crippen LogP contribution in [0, 0.1) is 0 Å². The third-order valence-corrected chi connectivity index (χ3v) is 4.22. The normalized spacial score (nSPS) is 21.8. The monoisotopic (exact) mass is 307 g/mol. The summed E-state index contributed by atoms with van der Waals surface area (Å²) in [5.41, 5.74) is 0.801. The molecule has 1 fully saturated rings. The molecule has 1 aliphatic heterocycles. The van der Waals surface area contributed by atoms with Gasteiger partial charge in [0.2, 0.25) is 11.9 Å². The Morgan fingerprint density at radius 3 is 2.73 bits per heavy atom. The molecule has 7 heteroatoms. The quantitative estimate of drug-likeness (QED) is 0.769. The maximum Gasteiger partial charge on any atom is 0.222 e. The second-order valence-electron chi connectivity index (χ2n) is 5.70. The minimum Gasteiger partial charge on any atom is -0.383 e. The van der Waals surface area contributed by atoms with Crippen LogP contribution in [0.2, 0.25) is 0 Å². The summed E-state index contributed by atoms with van der Waals surface area (Å²) >= 11 is 0. The number of nitrogens with zero attached hydrogens (tertiary/aromatic N) is 3. The molecule has 1 saturated heterocycles. The molecule has 0 aromatic carbocycles. The zero-order valence-electron chi connectivity index (χ0n) is 13.6. The van der Waals surface area contributed by atoms with Crippen LogP contribution in [-0.4, -0.2) is 60.7 Å². The molecule has 1 aliphatic rings. The highest BCUT2D eigenvalue weighted by Gasteiger charge is 2.42. The van der Waals surface area contributed by atoms with Crippen LogP contribution in [0.4, 0.5) is 5.95 Å². The molecule has 0 aliphatic carbocycles. The number of hydrogen-bond donors (Lipinski definition) is 2. The minimum absolute atomic E-state index is 0.0470. The lowest BCUT2D eigenvalue weighted by molar-refractivity contribution is -0.124. The Balaban J connectivity index is 2.13. The Morgan fingerprint density at radius 1 is 1.41 bits per heavy atom. The lowest BCUT2D eigenvalue weighted by atomic mass is 9.92. The molecular formula is C15H25N5O2. The fraction of sp³-hybridized carbons (Fsp3) is 0.667. The average molecular weight is 307 g/mol. The molecular weight excluding hydrogens is 282 g/mol. The van der Waals surface area contributed by atoms with Gasteiger partial charge in [0.05, 0.1) is 12.1 Å². The second kappa shape index (κ2) is 7.51. The van der Waals surface area contributed by atoms with Crippen molar-refractivity contribution in [1.82, 2.24) is 20.2 Å². The number of nitrogens with one attached hydrogen (secondary N) is 2.